The molecule has 5 heteroatoms. The maximum Gasteiger partial charge on any atom is 0.314 e. The Labute approximate surface area is 137 Å². The van der Waals surface area contributed by atoms with Crippen LogP contribution < -0.4 is 9.47 Å². The van der Waals surface area contributed by atoms with Crippen LogP contribution in [0.3, 0.4) is 0 Å². The number of esters is 1. The van der Waals surface area contributed by atoms with E-state index >= 15 is 0 Å². The molecule has 4 nitrogen and oxygen atoms in total. The summed E-state index contributed by atoms with van der Waals surface area (Å²) in [5, 5.41) is 1.98. The average Bonchev–Trinajstić information content (AvgIpc) is 3.25. The number of fused-ring (bicyclic) bond motifs is 1. The highest BCUT2D eigenvalue weighted by molar-refractivity contribution is 7.11. The van der Waals surface area contributed by atoms with Gasteiger partial charge < -0.3 is 9.47 Å². The molecule has 1 fully saturated rings. The summed E-state index contributed by atoms with van der Waals surface area (Å²) in [7, 11) is 0. The minimum atomic E-state index is -0.209. The zero-order chi connectivity index (χ0) is 16.0. The van der Waals surface area contributed by atoms with Crippen LogP contribution in [0.2, 0.25) is 0 Å². The minimum absolute atomic E-state index is 0.0306. The molecule has 0 amide bonds. The van der Waals surface area contributed by atoms with Gasteiger partial charge in [0.15, 0.2) is 5.76 Å². The van der Waals surface area contributed by atoms with E-state index in [0.717, 1.165) is 23.3 Å². The summed E-state index contributed by atoms with van der Waals surface area (Å²) >= 11 is 1.56. The second kappa shape index (κ2) is 5.35. The number of ketones is 1. The summed E-state index contributed by atoms with van der Waals surface area (Å²) in [6, 6.07) is 6.89. The molecule has 23 heavy (non-hydrogen) atoms. The number of carbonyl (C=O) groups is 2. The van der Waals surface area contributed by atoms with Gasteiger partial charge in [-0.3, -0.25) is 9.59 Å². The zero-order valence-electron chi connectivity index (χ0n) is 12.5. The first-order chi connectivity index (χ1) is 11.1. The first kappa shape index (κ1) is 14.2. The minimum Gasteiger partial charge on any atom is -0.452 e. The number of hydrogen-bond acceptors (Lipinski definition) is 5. The highest BCUT2D eigenvalue weighted by Crippen LogP contribution is 2.37. The van der Waals surface area contributed by atoms with Crippen molar-refractivity contribution < 1.29 is 19.1 Å². The molecule has 2 heterocycles. The number of Topliss-reactive ketones (excluding diaryl/α,β-unsaturated/α-hetero) is 1. The van der Waals surface area contributed by atoms with Crippen molar-refractivity contribution in [2.75, 3.05) is 0 Å². The Morgan fingerprint density at radius 2 is 2.17 bits per heavy atom. The molecule has 0 radical (unpaired) electrons. The van der Waals surface area contributed by atoms with Gasteiger partial charge in [0.2, 0.25) is 5.78 Å². The SMILES string of the molecule is Cc1ccsc1C=C1Oc2cc(OC(=O)C3CC3)ccc2C1=O. The van der Waals surface area contributed by atoms with E-state index in [0.29, 0.717) is 22.8 Å². The van der Waals surface area contributed by atoms with Crippen molar-refractivity contribution in [3.63, 3.8) is 0 Å². The van der Waals surface area contributed by atoms with E-state index in [1.54, 1.807) is 35.6 Å². The van der Waals surface area contributed by atoms with Crippen LogP contribution in [0.15, 0.2) is 35.4 Å². The number of carbonyl (C=O) groups excluding carboxylic acids is 2. The number of allylic oxidation sites excluding steroid dienone is 1. The molecule has 2 aliphatic rings. The Hall–Kier alpha value is -2.40. The summed E-state index contributed by atoms with van der Waals surface area (Å²) in [4.78, 5) is 25.1. The smallest absolute Gasteiger partial charge is 0.314 e. The normalized spacial score (nSPS) is 18.0. The van der Waals surface area contributed by atoms with E-state index in [-0.39, 0.29) is 17.7 Å². The molecule has 0 N–H and O–H groups in total. The Bertz CT molecular complexity index is 842. The predicted octanol–water partition coefficient (Wildman–Crippen LogP) is 3.99. The number of benzene rings is 1. The van der Waals surface area contributed by atoms with E-state index < -0.39 is 0 Å². The molecule has 1 aromatic carbocycles. The molecule has 0 unspecified atom stereocenters. The number of hydrogen-bond donors (Lipinski definition) is 0. The van der Waals surface area contributed by atoms with Crippen molar-refractivity contribution in [2.45, 2.75) is 19.8 Å². The standard InChI is InChI=1S/C18H14O4S/c1-10-6-7-23-16(10)9-15-17(19)13-5-4-12(8-14(13)22-15)21-18(20)11-2-3-11/h4-9,11H,2-3H2,1H3. The quantitative estimate of drug-likeness (QED) is 0.486. The summed E-state index contributed by atoms with van der Waals surface area (Å²) in [5.74, 6) is 0.838. The second-order valence-electron chi connectivity index (χ2n) is 5.76. The largest absolute Gasteiger partial charge is 0.452 e. The lowest BCUT2D eigenvalue weighted by molar-refractivity contribution is -0.135. The van der Waals surface area contributed by atoms with Gasteiger partial charge in [-0.2, -0.15) is 0 Å². The molecule has 0 saturated heterocycles. The highest BCUT2D eigenvalue weighted by atomic mass is 32.1. The van der Waals surface area contributed by atoms with Gasteiger partial charge in [0.05, 0.1) is 11.5 Å². The molecule has 1 aliphatic carbocycles. The Morgan fingerprint density at radius 3 is 2.87 bits per heavy atom. The molecule has 2 aromatic rings. The van der Waals surface area contributed by atoms with Crippen LogP contribution in [0.4, 0.5) is 0 Å². The van der Waals surface area contributed by atoms with Crippen molar-refractivity contribution in [3.8, 4) is 11.5 Å². The third kappa shape index (κ3) is 2.68. The van der Waals surface area contributed by atoms with Crippen molar-refractivity contribution in [1.82, 2.24) is 0 Å². The molecule has 0 bridgehead atoms. The third-order valence-corrected chi connectivity index (χ3v) is 4.90. The molecule has 0 atom stereocenters. The third-order valence-electron chi connectivity index (χ3n) is 3.93. The molecule has 1 aliphatic heterocycles. The molecule has 0 spiro atoms. The van der Waals surface area contributed by atoms with Crippen LogP contribution >= 0.6 is 11.3 Å². The Balaban J connectivity index is 1.59. The summed E-state index contributed by atoms with van der Waals surface area (Å²) in [5.41, 5.74) is 1.60. The lowest BCUT2D eigenvalue weighted by atomic mass is 10.1. The van der Waals surface area contributed by atoms with Gasteiger partial charge in [-0.05, 0) is 48.9 Å². The van der Waals surface area contributed by atoms with E-state index in [1.807, 2.05) is 18.4 Å². The fourth-order valence-electron chi connectivity index (χ4n) is 2.40. The van der Waals surface area contributed by atoms with E-state index in [2.05, 4.69) is 0 Å². The van der Waals surface area contributed by atoms with Crippen molar-refractivity contribution in [2.24, 2.45) is 5.92 Å². The number of thiophene rings is 1. The Morgan fingerprint density at radius 1 is 1.35 bits per heavy atom. The van der Waals surface area contributed by atoms with E-state index in [9.17, 15) is 9.59 Å². The van der Waals surface area contributed by atoms with Crippen LogP contribution in [0.25, 0.3) is 6.08 Å². The van der Waals surface area contributed by atoms with Gasteiger partial charge in [-0.1, -0.05) is 0 Å². The fourth-order valence-corrected chi connectivity index (χ4v) is 3.25. The van der Waals surface area contributed by atoms with Crippen molar-refractivity contribution >= 4 is 29.2 Å². The van der Waals surface area contributed by atoms with Gasteiger partial charge in [-0.25, -0.2) is 0 Å². The van der Waals surface area contributed by atoms with Crippen molar-refractivity contribution in [3.05, 3.63) is 51.4 Å². The van der Waals surface area contributed by atoms with Gasteiger partial charge in [0.1, 0.15) is 11.5 Å². The highest BCUT2D eigenvalue weighted by Gasteiger charge is 2.32. The maximum absolute atomic E-state index is 12.4. The van der Waals surface area contributed by atoms with E-state index in [1.165, 1.54) is 0 Å². The van der Waals surface area contributed by atoms with Gasteiger partial charge >= 0.3 is 5.97 Å². The number of ether oxygens (including phenoxy) is 2. The maximum atomic E-state index is 12.4. The number of aryl methyl sites for hydroxylation is 1. The lowest BCUT2D eigenvalue weighted by Crippen LogP contribution is -2.09. The van der Waals surface area contributed by atoms with Crippen LogP contribution in [0.5, 0.6) is 11.5 Å². The van der Waals surface area contributed by atoms with Gasteiger partial charge in [0, 0.05) is 17.0 Å². The molecular formula is C18H14O4S. The first-order valence-corrected chi connectivity index (χ1v) is 8.34. The average molecular weight is 326 g/mol. The number of rotatable bonds is 3. The zero-order valence-corrected chi connectivity index (χ0v) is 13.3. The van der Waals surface area contributed by atoms with Crippen LogP contribution in [0.1, 0.15) is 33.6 Å². The summed E-state index contributed by atoms with van der Waals surface area (Å²) < 4.78 is 11.0. The molecule has 1 saturated carbocycles. The van der Waals surface area contributed by atoms with Gasteiger partial charge in [0.25, 0.3) is 0 Å². The van der Waals surface area contributed by atoms with Crippen molar-refractivity contribution in [1.29, 1.82) is 0 Å². The molecule has 116 valence electrons. The van der Waals surface area contributed by atoms with E-state index in [4.69, 9.17) is 9.47 Å². The molecule has 4 rings (SSSR count). The lowest BCUT2D eigenvalue weighted by Gasteiger charge is -2.04. The topological polar surface area (TPSA) is 52.6 Å². The van der Waals surface area contributed by atoms with Crippen LogP contribution in [0, 0.1) is 12.8 Å². The van der Waals surface area contributed by atoms with Crippen LogP contribution in [-0.2, 0) is 4.79 Å². The molecular weight excluding hydrogens is 312 g/mol. The summed E-state index contributed by atoms with van der Waals surface area (Å²) in [6.45, 7) is 1.99. The second-order valence-corrected chi connectivity index (χ2v) is 6.71. The summed E-state index contributed by atoms with van der Waals surface area (Å²) in [6.07, 6.45) is 3.55. The van der Waals surface area contributed by atoms with Crippen LogP contribution in [-0.4, -0.2) is 11.8 Å². The molecule has 1 aromatic heterocycles. The fraction of sp³-hybridized carbons (Fsp3) is 0.222. The first-order valence-electron chi connectivity index (χ1n) is 7.46. The predicted molar refractivity (Wildman–Crippen MR) is 86.8 cm³/mol. The van der Waals surface area contributed by atoms with Gasteiger partial charge in [-0.15, -0.1) is 11.3 Å². The Kier molecular flexibility index (Phi) is 3.31. The monoisotopic (exact) mass is 326 g/mol.